The predicted octanol–water partition coefficient (Wildman–Crippen LogP) is 1.52. The number of anilines is 1. The van der Waals surface area contributed by atoms with Gasteiger partial charge in [-0.25, -0.2) is 4.79 Å². The van der Waals surface area contributed by atoms with Crippen molar-refractivity contribution in [2.45, 2.75) is 6.10 Å². The Balaban J connectivity index is 1.85. The van der Waals surface area contributed by atoms with Gasteiger partial charge in [-0.15, -0.1) is 0 Å². The van der Waals surface area contributed by atoms with Crippen LogP contribution in [-0.2, 0) is 14.2 Å². The van der Waals surface area contributed by atoms with Gasteiger partial charge < -0.3 is 14.2 Å². The first-order valence-corrected chi connectivity index (χ1v) is 5.53. The van der Waals surface area contributed by atoms with Crippen molar-refractivity contribution in [3.63, 3.8) is 0 Å². The summed E-state index contributed by atoms with van der Waals surface area (Å²) in [5.74, 6) is 0. The minimum atomic E-state index is -0.659. The van der Waals surface area contributed by atoms with Crippen molar-refractivity contribution in [2.24, 2.45) is 0 Å². The highest BCUT2D eigenvalue weighted by Crippen LogP contribution is 2.15. The van der Waals surface area contributed by atoms with Gasteiger partial charge in [-0.3, -0.25) is 15.4 Å². The van der Waals surface area contributed by atoms with Crippen molar-refractivity contribution < 1.29 is 23.9 Å². The van der Waals surface area contributed by atoms with E-state index in [-0.39, 0.29) is 25.7 Å². The Labute approximate surface area is 108 Å². The first-order valence-electron chi connectivity index (χ1n) is 5.53. The summed E-state index contributed by atoms with van der Waals surface area (Å²) < 4.78 is 15.0. The van der Waals surface area contributed by atoms with Gasteiger partial charge in [-0.2, -0.15) is 0 Å². The van der Waals surface area contributed by atoms with Crippen molar-refractivity contribution in [2.75, 3.05) is 25.3 Å². The number of nitrogens with one attached hydrogen (secondary N) is 1. The fourth-order valence-corrected chi connectivity index (χ4v) is 1.50. The average molecular weight is 268 g/mol. The molecule has 0 atom stereocenters. The molecule has 0 spiro atoms. The maximum absolute atomic E-state index is 11.5. The van der Waals surface area contributed by atoms with Crippen LogP contribution in [0.1, 0.15) is 0 Å². The third-order valence-corrected chi connectivity index (χ3v) is 2.37. The third-order valence-electron chi connectivity index (χ3n) is 2.37. The highest BCUT2D eigenvalue weighted by atomic mass is 16.7. The van der Waals surface area contributed by atoms with Crippen molar-refractivity contribution >= 4 is 17.5 Å². The lowest BCUT2D eigenvalue weighted by molar-refractivity contribution is -0.384. The van der Waals surface area contributed by atoms with Crippen molar-refractivity contribution in [1.29, 1.82) is 0 Å². The molecule has 0 unspecified atom stereocenters. The Kier molecular flexibility index (Phi) is 4.26. The number of nitro groups is 1. The molecule has 0 radical (unpaired) electrons. The van der Waals surface area contributed by atoms with E-state index in [1.54, 1.807) is 0 Å². The molecule has 1 aliphatic heterocycles. The summed E-state index contributed by atoms with van der Waals surface area (Å²) in [7, 11) is 0. The summed E-state index contributed by atoms with van der Waals surface area (Å²) in [6, 6.07) is 5.44. The minimum absolute atomic E-state index is 0.0482. The monoisotopic (exact) mass is 268 g/mol. The van der Waals surface area contributed by atoms with Gasteiger partial charge in [0.2, 0.25) is 0 Å². The first kappa shape index (κ1) is 13.2. The predicted molar refractivity (Wildman–Crippen MR) is 63.8 cm³/mol. The quantitative estimate of drug-likeness (QED) is 0.658. The Morgan fingerprint density at radius 3 is 2.53 bits per heavy atom. The molecule has 1 heterocycles. The standard InChI is InChI=1S/C11H12N2O6/c14-11(19-10-5-17-7-18-6-10)12-8-1-3-9(4-2-8)13(15)16/h1-4,10H,5-7H2,(H,12,14). The number of benzene rings is 1. The number of carbonyl (C=O) groups is 1. The van der Waals surface area contributed by atoms with Gasteiger partial charge in [0.25, 0.3) is 5.69 Å². The van der Waals surface area contributed by atoms with Crippen LogP contribution in [0.3, 0.4) is 0 Å². The molecule has 0 bridgehead atoms. The van der Waals surface area contributed by atoms with Gasteiger partial charge in [0, 0.05) is 17.8 Å². The number of ether oxygens (including phenoxy) is 3. The summed E-state index contributed by atoms with van der Waals surface area (Å²) in [6.07, 6.45) is -1.11. The highest BCUT2D eigenvalue weighted by Gasteiger charge is 2.18. The van der Waals surface area contributed by atoms with Gasteiger partial charge in [-0.05, 0) is 12.1 Å². The van der Waals surface area contributed by atoms with Crippen molar-refractivity contribution in [3.8, 4) is 0 Å². The van der Waals surface area contributed by atoms with E-state index >= 15 is 0 Å². The Hall–Kier alpha value is -2.19. The van der Waals surface area contributed by atoms with Gasteiger partial charge in [0.1, 0.15) is 6.79 Å². The van der Waals surface area contributed by atoms with E-state index in [4.69, 9.17) is 14.2 Å². The zero-order chi connectivity index (χ0) is 13.7. The lowest BCUT2D eigenvalue weighted by Crippen LogP contribution is -2.34. The molecule has 1 aromatic rings. The van der Waals surface area contributed by atoms with E-state index in [1.165, 1.54) is 24.3 Å². The zero-order valence-corrected chi connectivity index (χ0v) is 9.90. The van der Waals surface area contributed by atoms with E-state index in [1.807, 2.05) is 0 Å². The van der Waals surface area contributed by atoms with E-state index in [9.17, 15) is 14.9 Å². The van der Waals surface area contributed by atoms with E-state index in [2.05, 4.69) is 5.32 Å². The molecule has 8 nitrogen and oxygen atoms in total. The molecule has 19 heavy (non-hydrogen) atoms. The summed E-state index contributed by atoms with van der Waals surface area (Å²) >= 11 is 0. The SMILES string of the molecule is O=C(Nc1ccc([N+](=O)[O-])cc1)OC1COCOC1. The number of amides is 1. The van der Waals surface area contributed by atoms with Gasteiger partial charge in [0.15, 0.2) is 6.10 Å². The molecule has 1 aromatic carbocycles. The molecular weight excluding hydrogens is 256 g/mol. The maximum Gasteiger partial charge on any atom is 0.412 e. The van der Waals surface area contributed by atoms with Crippen molar-refractivity contribution in [1.82, 2.24) is 0 Å². The number of hydrogen-bond donors (Lipinski definition) is 1. The Morgan fingerprint density at radius 1 is 1.32 bits per heavy atom. The smallest absolute Gasteiger partial charge is 0.412 e. The number of carbonyl (C=O) groups excluding carboxylic acids is 1. The van der Waals surface area contributed by atoms with Crippen molar-refractivity contribution in [3.05, 3.63) is 34.4 Å². The lowest BCUT2D eigenvalue weighted by Gasteiger charge is -2.22. The van der Waals surface area contributed by atoms with Crippen LogP contribution in [0.2, 0.25) is 0 Å². The summed E-state index contributed by atoms with van der Waals surface area (Å²) in [6.45, 7) is 0.769. The third kappa shape index (κ3) is 3.90. The zero-order valence-electron chi connectivity index (χ0n) is 9.90. The summed E-state index contributed by atoms with van der Waals surface area (Å²) in [5, 5.41) is 12.9. The second-order valence-corrected chi connectivity index (χ2v) is 3.82. The van der Waals surface area contributed by atoms with Crippen LogP contribution in [0, 0.1) is 10.1 Å². The second-order valence-electron chi connectivity index (χ2n) is 3.82. The Bertz CT molecular complexity index is 455. The number of hydrogen-bond acceptors (Lipinski definition) is 6. The Morgan fingerprint density at radius 2 is 1.95 bits per heavy atom. The number of non-ortho nitro benzene ring substituents is 1. The largest absolute Gasteiger partial charge is 0.441 e. The fraction of sp³-hybridized carbons (Fsp3) is 0.364. The fourth-order valence-electron chi connectivity index (χ4n) is 1.50. The molecule has 1 amide bonds. The van der Waals surface area contributed by atoms with Crippen LogP contribution in [-0.4, -0.2) is 37.1 Å². The molecule has 0 saturated carbocycles. The number of rotatable bonds is 3. The topological polar surface area (TPSA) is 99.9 Å². The number of nitrogens with zero attached hydrogens (tertiary/aromatic N) is 1. The molecule has 1 saturated heterocycles. The summed E-state index contributed by atoms with van der Waals surface area (Å²) in [4.78, 5) is 21.5. The van der Waals surface area contributed by atoms with Crippen LogP contribution < -0.4 is 5.32 Å². The van der Waals surface area contributed by atoms with Gasteiger partial charge >= 0.3 is 6.09 Å². The van der Waals surface area contributed by atoms with Crippen LogP contribution in [0.5, 0.6) is 0 Å². The first-order chi connectivity index (χ1) is 9.15. The van der Waals surface area contributed by atoms with E-state index in [0.29, 0.717) is 5.69 Å². The summed E-state index contributed by atoms with van der Waals surface area (Å²) in [5.41, 5.74) is 0.362. The molecule has 1 N–H and O–H groups in total. The number of nitro benzene ring substituents is 1. The molecule has 8 heteroatoms. The maximum atomic E-state index is 11.5. The van der Waals surface area contributed by atoms with Crippen LogP contribution >= 0.6 is 0 Å². The lowest BCUT2D eigenvalue weighted by atomic mass is 10.3. The molecule has 0 aromatic heterocycles. The molecule has 1 aliphatic rings. The molecule has 2 rings (SSSR count). The van der Waals surface area contributed by atoms with Gasteiger partial charge in [-0.1, -0.05) is 0 Å². The van der Waals surface area contributed by atoms with Gasteiger partial charge in [0.05, 0.1) is 18.1 Å². The van der Waals surface area contributed by atoms with Crippen LogP contribution in [0.15, 0.2) is 24.3 Å². The molecule has 102 valence electrons. The molecule has 1 fully saturated rings. The average Bonchev–Trinajstić information content (AvgIpc) is 2.40. The van der Waals surface area contributed by atoms with E-state index < -0.39 is 17.1 Å². The normalized spacial score (nSPS) is 15.8. The molecular formula is C11H12N2O6. The van der Waals surface area contributed by atoms with E-state index in [0.717, 1.165) is 0 Å². The minimum Gasteiger partial charge on any atom is -0.441 e. The van der Waals surface area contributed by atoms with Crippen LogP contribution in [0.4, 0.5) is 16.2 Å². The van der Waals surface area contributed by atoms with Crippen LogP contribution in [0.25, 0.3) is 0 Å². The molecule has 0 aliphatic carbocycles. The highest BCUT2D eigenvalue weighted by molar-refractivity contribution is 5.84. The second kappa shape index (κ2) is 6.12.